The highest BCUT2D eigenvalue weighted by atomic mass is 32.4. The Kier molecular flexibility index (Phi) is 26.7. The van der Waals surface area contributed by atoms with Crippen molar-refractivity contribution in [3.8, 4) is 0 Å². The summed E-state index contributed by atoms with van der Waals surface area (Å²) in [4.78, 5) is 0. The Balaban J connectivity index is 4.49. The summed E-state index contributed by atoms with van der Waals surface area (Å²) in [6.45, 7) is 8.33. The Hall–Kier alpha value is 0.460. The van der Waals surface area contributed by atoms with Crippen LogP contribution in [0.4, 0.5) is 0 Å². The van der Waals surface area contributed by atoms with Crippen molar-refractivity contribution in [1.82, 2.24) is 5.32 Å². The molecule has 0 bridgehead atoms. The first-order chi connectivity index (χ1) is 18.3. The lowest BCUT2D eigenvalue weighted by Crippen LogP contribution is -2.22. The molecule has 8 heteroatoms. The van der Waals surface area contributed by atoms with Gasteiger partial charge in [0.25, 0.3) is 0 Å². The second-order valence-electron chi connectivity index (χ2n) is 11.1. The van der Waals surface area contributed by atoms with Crippen LogP contribution in [0, 0.1) is 0 Å². The van der Waals surface area contributed by atoms with Gasteiger partial charge in [-0.2, -0.15) is 24.8 Å². The molecule has 0 saturated carbocycles. The largest absolute Gasteiger partial charge is 0.396 e. The molecular weight excluding hydrogens is 518 g/mol. The van der Waals surface area contributed by atoms with E-state index >= 15 is 0 Å². The fraction of sp³-hybridized carbons (Fsp3) is 1.00. The number of hydrogen-bond donors (Lipinski definition) is 2. The van der Waals surface area contributed by atoms with Crippen molar-refractivity contribution in [2.24, 2.45) is 0 Å². The van der Waals surface area contributed by atoms with Crippen LogP contribution >= 0.6 is 21.2 Å². The molecule has 0 aliphatic rings. The predicted molar refractivity (Wildman–Crippen MR) is 171 cm³/mol. The fourth-order valence-electron chi connectivity index (χ4n) is 4.31. The molecule has 0 aromatic rings. The number of nitrogens with one attached hydrogen (secondary N) is 1. The molecule has 2 N–H and O–H groups in total. The summed E-state index contributed by atoms with van der Waals surface area (Å²) in [5.41, 5.74) is 0. The molecule has 0 aliphatic heterocycles. The maximum atomic E-state index is 8.88. The Morgan fingerprint density at radius 1 is 0.605 bits per heavy atom. The molecule has 0 heterocycles. The van der Waals surface area contributed by atoms with Gasteiger partial charge in [-0.25, -0.2) is 0 Å². The molecule has 0 aliphatic carbocycles. The Labute approximate surface area is 241 Å². The third kappa shape index (κ3) is 26.7. The lowest BCUT2D eigenvalue weighted by molar-refractivity contribution is -0.0821. The van der Waals surface area contributed by atoms with Crippen LogP contribution in [0.5, 0.6) is 0 Å². The van der Waals surface area contributed by atoms with E-state index in [0.717, 1.165) is 77.7 Å². The minimum atomic E-state index is -1.75. The van der Waals surface area contributed by atoms with Crippen molar-refractivity contribution in [3.05, 3.63) is 0 Å². The summed E-state index contributed by atoms with van der Waals surface area (Å²) in [6.07, 6.45) is 29.4. The summed E-state index contributed by atoms with van der Waals surface area (Å²) < 4.78 is 25.4. The van der Waals surface area contributed by atoms with Gasteiger partial charge < -0.3 is 15.2 Å². The van der Waals surface area contributed by atoms with Gasteiger partial charge in [0.1, 0.15) is 0 Å². The topological polar surface area (TPSA) is 69.2 Å². The number of unbranched alkanes of at least 4 members (excludes halogenated alkanes) is 13. The molecule has 0 aromatic carbocycles. The minimum absolute atomic E-state index is 0.220. The first-order valence-electron chi connectivity index (χ1n) is 15.7. The van der Waals surface area contributed by atoms with E-state index in [9.17, 15) is 0 Å². The quantitative estimate of drug-likeness (QED) is 0.0648. The van der Waals surface area contributed by atoms with Gasteiger partial charge in [-0.15, -0.1) is 0 Å². The Bertz CT molecular complexity index is 497. The van der Waals surface area contributed by atoms with Crippen LogP contribution in [-0.2, 0) is 16.7 Å². The van der Waals surface area contributed by atoms with Crippen molar-refractivity contribution in [2.75, 3.05) is 57.9 Å². The molecule has 0 rings (SSSR count). The summed E-state index contributed by atoms with van der Waals surface area (Å²) >= 11 is 0. The van der Waals surface area contributed by atoms with Crippen LogP contribution in [-0.4, -0.2) is 69.3 Å². The molecule has 0 saturated heterocycles. The molecule has 6 nitrogen and oxygen atoms in total. The van der Waals surface area contributed by atoms with Gasteiger partial charge in [0.05, 0.1) is 6.61 Å². The number of ether oxygens (including phenoxy) is 1. The Morgan fingerprint density at radius 3 is 1.74 bits per heavy atom. The third-order valence-corrected chi connectivity index (χ3v) is 10.4. The second-order valence-corrected chi connectivity index (χ2v) is 16.7. The molecule has 1 atom stereocenters. The highest BCUT2D eigenvalue weighted by molar-refractivity contribution is 8.37. The first kappa shape index (κ1) is 38.5. The van der Waals surface area contributed by atoms with Crippen molar-refractivity contribution < 1.29 is 21.8 Å². The zero-order valence-corrected chi connectivity index (χ0v) is 27.9. The smallest absolute Gasteiger partial charge is 0.180 e. The van der Waals surface area contributed by atoms with Gasteiger partial charge in [0.15, 0.2) is 6.29 Å². The van der Waals surface area contributed by atoms with Crippen LogP contribution in [0.3, 0.4) is 0 Å². The lowest BCUT2D eigenvalue weighted by atomic mass is 10.1. The van der Waals surface area contributed by atoms with Crippen LogP contribution in [0.1, 0.15) is 129 Å². The molecule has 0 radical (unpaired) electrons. The monoisotopic (exact) mass is 585 g/mol. The zero-order chi connectivity index (χ0) is 28.4. The zero-order valence-electron chi connectivity index (χ0n) is 26.2. The van der Waals surface area contributed by atoms with E-state index in [0.29, 0.717) is 0 Å². The van der Waals surface area contributed by atoms with Crippen LogP contribution in [0.15, 0.2) is 0 Å². The van der Waals surface area contributed by atoms with Crippen molar-refractivity contribution in [3.63, 3.8) is 0 Å². The van der Waals surface area contributed by atoms with E-state index in [1.54, 1.807) is 0 Å². The summed E-state index contributed by atoms with van der Waals surface area (Å²) in [7, 11) is -3.38. The van der Waals surface area contributed by atoms with Gasteiger partial charge in [0.2, 0.25) is 0 Å². The standard InChI is InChI=1S/C30H67NO5S2/c1-7-9-11-13-15-22-28-33-30(24-18-17-19-25-31-26-20-21-27-32)35-38(5,6)36-37(3,4)34-29-23-16-14-12-10-8-2/h30-32H,7-29H2,1-6H3. The van der Waals surface area contributed by atoms with E-state index in [2.05, 4.69) is 44.2 Å². The number of rotatable bonds is 30. The highest BCUT2D eigenvalue weighted by Crippen LogP contribution is 2.59. The first-order valence-corrected chi connectivity index (χ1v) is 20.3. The van der Waals surface area contributed by atoms with Gasteiger partial charge in [-0.3, -0.25) is 8.37 Å². The lowest BCUT2D eigenvalue weighted by Gasteiger charge is -2.47. The maximum absolute atomic E-state index is 8.88. The van der Waals surface area contributed by atoms with Crippen LogP contribution < -0.4 is 5.32 Å². The van der Waals surface area contributed by atoms with Crippen molar-refractivity contribution in [2.45, 2.75) is 136 Å². The number of hydrogen-bond acceptors (Lipinski definition) is 6. The summed E-state index contributed by atoms with van der Waals surface area (Å²) in [5, 5.41) is 12.3. The SMILES string of the molecule is CCCCCCCCOC(CCCCCNCCCCO)OS(C)(C)OS(C)(C)OCCCCCCCC. The van der Waals surface area contributed by atoms with Crippen molar-refractivity contribution in [1.29, 1.82) is 0 Å². The Morgan fingerprint density at radius 2 is 1.13 bits per heavy atom. The summed E-state index contributed by atoms with van der Waals surface area (Å²) in [6, 6.07) is 0. The van der Waals surface area contributed by atoms with E-state index < -0.39 is 21.2 Å². The van der Waals surface area contributed by atoms with E-state index in [1.807, 2.05) is 0 Å². The van der Waals surface area contributed by atoms with Gasteiger partial charge in [0, 0.05) is 44.7 Å². The molecular formula is C30H67NO5S2. The predicted octanol–water partition coefficient (Wildman–Crippen LogP) is 8.81. The number of aliphatic hydroxyl groups excluding tert-OH is 1. The molecule has 1 unspecified atom stereocenters. The fourth-order valence-corrected chi connectivity index (χ4v) is 8.94. The van der Waals surface area contributed by atoms with Crippen molar-refractivity contribution >= 4 is 21.2 Å². The molecule has 0 fully saturated rings. The average Bonchev–Trinajstić information content (AvgIpc) is 2.85. The molecule has 0 spiro atoms. The normalized spacial score (nSPS) is 14.2. The van der Waals surface area contributed by atoms with Gasteiger partial charge >= 0.3 is 0 Å². The van der Waals surface area contributed by atoms with Crippen LogP contribution in [0.25, 0.3) is 0 Å². The second kappa shape index (κ2) is 26.4. The minimum Gasteiger partial charge on any atom is -0.396 e. The van der Waals surface area contributed by atoms with E-state index in [4.69, 9.17) is 21.8 Å². The van der Waals surface area contributed by atoms with Gasteiger partial charge in [-0.05, 0) is 51.6 Å². The molecule has 234 valence electrons. The number of aliphatic hydroxyl groups is 1. The molecule has 38 heavy (non-hydrogen) atoms. The van der Waals surface area contributed by atoms with Crippen LogP contribution in [0.2, 0.25) is 0 Å². The highest BCUT2D eigenvalue weighted by Gasteiger charge is 2.23. The summed E-state index contributed by atoms with van der Waals surface area (Å²) in [5.74, 6) is 0. The van der Waals surface area contributed by atoms with E-state index in [1.165, 1.54) is 64.2 Å². The van der Waals surface area contributed by atoms with Gasteiger partial charge in [-0.1, -0.05) is 84.5 Å². The van der Waals surface area contributed by atoms with E-state index in [-0.39, 0.29) is 12.9 Å². The molecule has 0 aromatic heterocycles. The average molecular weight is 586 g/mol. The molecule has 0 amide bonds. The maximum Gasteiger partial charge on any atom is 0.180 e. The third-order valence-electron chi connectivity index (χ3n) is 6.39.